The molecule has 3 aromatic heterocycles. The number of rotatable bonds is 2. The summed E-state index contributed by atoms with van der Waals surface area (Å²) >= 11 is 7.67. The fourth-order valence-electron chi connectivity index (χ4n) is 4.02. The van der Waals surface area contributed by atoms with Gasteiger partial charge in [-0.25, -0.2) is 9.66 Å². The third-order valence-corrected chi connectivity index (χ3v) is 7.22. The maximum atomic E-state index is 13.3. The van der Waals surface area contributed by atoms with E-state index in [1.54, 1.807) is 25.3 Å². The van der Waals surface area contributed by atoms with Crippen molar-refractivity contribution in [3.05, 3.63) is 43.5 Å². The second kappa shape index (κ2) is 6.95. The van der Waals surface area contributed by atoms with Gasteiger partial charge in [0, 0.05) is 11.9 Å². The number of hydrogen-bond donors (Lipinski definition) is 1. The molecule has 29 heavy (non-hydrogen) atoms. The van der Waals surface area contributed by atoms with Gasteiger partial charge in [-0.05, 0) is 43.1 Å². The van der Waals surface area contributed by atoms with Crippen LogP contribution in [0.15, 0.2) is 11.0 Å². The molecular formula is C20H24ClN5O2S. The van der Waals surface area contributed by atoms with Crippen molar-refractivity contribution in [3.63, 3.8) is 0 Å². The standard InChI is InChI=1S/C20H24ClN5O2S/c1-10-23-18-15(12-7-6-11(20(2,3)4)8-14(12)29-18)19(28)26(10)24-17(27)16-13(21)9-22-25(16)5/h9,11H,6-8H2,1-5H3,(H,24,27)/t11-/m1/s1. The van der Waals surface area contributed by atoms with Gasteiger partial charge in [-0.15, -0.1) is 11.3 Å². The summed E-state index contributed by atoms with van der Waals surface area (Å²) in [6.45, 7) is 8.52. The maximum absolute atomic E-state index is 13.3. The summed E-state index contributed by atoms with van der Waals surface area (Å²) in [7, 11) is 1.62. The molecule has 0 radical (unpaired) electrons. The van der Waals surface area contributed by atoms with E-state index in [0.717, 1.165) is 29.7 Å². The molecule has 3 heterocycles. The van der Waals surface area contributed by atoms with Crippen molar-refractivity contribution in [2.75, 3.05) is 5.43 Å². The van der Waals surface area contributed by atoms with E-state index in [-0.39, 0.29) is 21.7 Å². The molecule has 9 heteroatoms. The third kappa shape index (κ3) is 3.38. The molecule has 0 aliphatic heterocycles. The van der Waals surface area contributed by atoms with Gasteiger partial charge < -0.3 is 0 Å². The highest BCUT2D eigenvalue weighted by Gasteiger charge is 2.32. The van der Waals surface area contributed by atoms with Gasteiger partial charge >= 0.3 is 0 Å². The van der Waals surface area contributed by atoms with Crippen molar-refractivity contribution in [2.24, 2.45) is 18.4 Å². The molecule has 0 fully saturated rings. The number of carbonyl (C=O) groups is 1. The lowest BCUT2D eigenvalue weighted by molar-refractivity contribution is 0.0997. The highest BCUT2D eigenvalue weighted by Crippen LogP contribution is 2.42. The first kappa shape index (κ1) is 20.1. The molecule has 1 aliphatic carbocycles. The highest BCUT2D eigenvalue weighted by atomic mass is 35.5. The fourth-order valence-corrected chi connectivity index (χ4v) is 5.61. The molecule has 0 aromatic carbocycles. The molecule has 7 nitrogen and oxygen atoms in total. The predicted molar refractivity (Wildman–Crippen MR) is 115 cm³/mol. The summed E-state index contributed by atoms with van der Waals surface area (Å²) in [5, 5.41) is 4.82. The minimum Gasteiger partial charge on any atom is -0.267 e. The lowest BCUT2D eigenvalue weighted by atomic mass is 9.72. The molecule has 1 atom stereocenters. The lowest BCUT2D eigenvalue weighted by Gasteiger charge is -2.33. The van der Waals surface area contributed by atoms with Gasteiger partial charge in [0.15, 0.2) is 0 Å². The van der Waals surface area contributed by atoms with Crippen LogP contribution in [-0.2, 0) is 19.9 Å². The largest absolute Gasteiger partial charge is 0.290 e. The SMILES string of the molecule is Cc1nc2sc3c(c2c(=O)n1NC(=O)c1c(Cl)cnn1C)CC[C@@H](C(C)(C)C)C3. The van der Waals surface area contributed by atoms with Crippen LogP contribution in [0.2, 0.25) is 5.02 Å². The molecule has 0 unspecified atom stereocenters. The van der Waals surface area contributed by atoms with Gasteiger partial charge in [-0.1, -0.05) is 32.4 Å². The quantitative estimate of drug-likeness (QED) is 0.668. The van der Waals surface area contributed by atoms with E-state index in [0.29, 0.717) is 17.1 Å². The van der Waals surface area contributed by atoms with E-state index < -0.39 is 5.91 Å². The van der Waals surface area contributed by atoms with E-state index in [9.17, 15) is 9.59 Å². The Morgan fingerprint density at radius 2 is 2.10 bits per heavy atom. The minimum atomic E-state index is -0.502. The maximum Gasteiger partial charge on any atom is 0.290 e. The molecule has 0 saturated carbocycles. The van der Waals surface area contributed by atoms with Crippen LogP contribution in [0.25, 0.3) is 10.2 Å². The number of nitrogens with zero attached hydrogens (tertiary/aromatic N) is 4. The van der Waals surface area contributed by atoms with Crippen LogP contribution in [0.3, 0.4) is 0 Å². The Hall–Kier alpha value is -2.19. The zero-order valence-corrected chi connectivity index (χ0v) is 18.7. The van der Waals surface area contributed by atoms with Crippen LogP contribution in [0, 0.1) is 18.3 Å². The Balaban J connectivity index is 1.76. The van der Waals surface area contributed by atoms with Crippen LogP contribution in [0.5, 0.6) is 0 Å². The molecule has 154 valence electrons. The molecule has 0 saturated heterocycles. The summed E-state index contributed by atoms with van der Waals surface area (Å²) in [6.07, 6.45) is 4.27. The van der Waals surface area contributed by atoms with E-state index in [4.69, 9.17) is 11.6 Å². The van der Waals surface area contributed by atoms with Gasteiger partial charge in [-0.2, -0.15) is 5.10 Å². The smallest absolute Gasteiger partial charge is 0.267 e. The van der Waals surface area contributed by atoms with Crippen LogP contribution >= 0.6 is 22.9 Å². The zero-order chi connectivity index (χ0) is 21.1. The van der Waals surface area contributed by atoms with E-state index in [2.05, 4.69) is 36.3 Å². The summed E-state index contributed by atoms with van der Waals surface area (Å²) in [4.78, 5) is 32.6. The van der Waals surface area contributed by atoms with Crippen LogP contribution in [0.4, 0.5) is 0 Å². The molecule has 1 N–H and O–H groups in total. The first-order valence-electron chi connectivity index (χ1n) is 9.60. The van der Waals surface area contributed by atoms with Crippen LogP contribution < -0.4 is 11.0 Å². The molecule has 4 rings (SSSR count). The number of aromatic nitrogens is 4. The molecule has 3 aromatic rings. The van der Waals surface area contributed by atoms with Gasteiger partial charge in [0.1, 0.15) is 16.3 Å². The number of halogens is 1. The van der Waals surface area contributed by atoms with Crippen molar-refractivity contribution < 1.29 is 4.79 Å². The number of nitrogens with one attached hydrogen (secondary N) is 1. The average molecular weight is 434 g/mol. The average Bonchev–Trinajstić information content (AvgIpc) is 3.16. The topological polar surface area (TPSA) is 81.8 Å². The monoisotopic (exact) mass is 433 g/mol. The minimum absolute atomic E-state index is 0.193. The summed E-state index contributed by atoms with van der Waals surface area (Å²) in [5.41, 5.74) is 3.91. The molecule has 1 aliphatic rings. The number of thiophene rings is 1. The number of aryl methyl sites for hydroxylation is 3. The third-order valence-electron chi connectivity index (χ3n) is 5.80. The van der Waals surface area contributed by atoms with Crippen LogP contribution in [0.1, 0.15) is 53.9 Å². The van der Waals surface area contributed by atoms with Gasteiger partial charge in [0.25, 0.3) is 11.5 Å². The molecule has 0 spiro atoms. The Morgan fingerprint density at radius 1 is 1.38 bits per heavy atom. The summed E-state index contributed by atoms with van der Waals surface area (Å²) in [5.74, 6) is 0.511. The highest BCUT2D eigenvalue weighted by molar-refractivity contribution is 7.18. The van der Waals surface area contributed by atoms with Gasteiger partial charge in [-0.3, -0.25) is 19.7 Å². The van der Waals surface area contributed by atoms with Gasteiger partial charge in [0.05, 0.1) is 16.6 Å². The molecule has 1 amide bonds. The second-order valence-corrected chi connectivity index (χ2v) is 10.2. The first-order chi connectivity index (χ1) is 13.6. The Morgan fingerprint density at radius 3 is 2.72 bits per heavy atom. The Kier molecular flexibility index (Phi) is 4.82. The fraction of sp³-hybridized carbons (Fsp3) is 0.500. The van der Waals surface area contributed by atoms with E-state index >= 15 is 0 Å². The summed E-state index contributed by atoms with van der Waals surface area (Å²) in [6, 6.07) is 0. The Bertz CT molecular complexity index is 1160. The van der Waals surface area contributed by atoms with Crippen molar-refractivity contribution >= 4 is 39.1 Å². The van der Waals surface area contributed by atoms with Crippen LogP contribution in [-0.4, -0.2) is 25.3 Å². The van der Waals surface area contributed by atoms with Crippen molar-refractivity contribution in [1.82, 2.24) is 19.4 Å². The Labute approximate surface area is 177 Å². The summed E-state index contributed by atoms with van der Waals surface area (Å²) < 4.78 is 2.60. The number of hydrogen-bond acceptors (Lipinski definition) is 5. The predicted octanol–water partition coefficient (Wildman–Crippen LogP) is 3.69. The normalized spacial score (nSPS) is 16.8. The second-order valence-electron chi connectivity index (χ2n) is 8.69. The van der Waals surface area contributed by atoms with Crippen molar-refractivity contribution in [1.29, 1.82) is 0 Å². The lowest BCUT2D eigenvalue weighted by Crippen LogP contribution is -2.36. The number of fused-ring (bicyclic) bond motifs is 3. The number of carbonyl (C=O) groups excluding carboxylic acids is 1. The van der Waals surface area contributed by atoms with Crippen molar-refractivity contribution in [2.45, 2.75) is 47.0 Å². The molecular weight excluding hydrogens is 410 g/mol. The zero-order valence-electron chi connectivity index (χ0n) is 17.2. The van der Waals surface area contributed by atoms with E-state index in [1.807, 2.05) is 0 Å². The van der Waals surface area contributed by atoms with Crippen molar-refractivity contribution in [3.8, 4) is 0 Å². The molecule has 0 bridgehead atoms. The van der Waals surface area contributed by atoms with E-state index in [1.165, 1.54) is 20.4 Å². The first-order valence-corrected chi connectivity index (χ1v) is 10.8. The van der Waals surface area contributed by atoms with Gasteiger partial charge in [0.2, 0.25) is 0 Å². The number of amides is 1.